The molecule has 1 aromatic carbocycles. The van der Waals surface area contributed by atoms with E-state index in [0.717, 1.165) is 25.1 Å². The number of ether oxygens (including phenoxy) is 1. The van der Waals surface area contributed by atoms with Crippen LogP contribution in [0.2, 0.25) is 5.02 Å². The van der Waals surface area contributed by atoms with E-state index >= 15 is 0 Å². The molecule has 1 heterocycles. The van der Waals surface area contributed by atoms with E-state index in [1.807, 2.05) is 24.3 Å². The van der Waals surface area contributed by atoms with Crippen LogP contribution in [0.25, 0.3) is 0 Å². The lowest BCUT2D eigenvalue weighted by Gasteiger charge is -2.27. The van der Waals surface area contributed by atoms with E-state index in [4.69, 9.17) is 16.3 Å². The van der Waals surface area contributed by atoms with Crippen LogP contribution in [0.5, 0.6) is 0 Å². The molecule has 90 valence electrons. The second-order valence-electron chi connectivity index (χ2n) is 4.26. The first-order valence-corrected chi connectivity index (χ1v) is 6.15. The summed E-state index contributed by atoms with van der Waals surface area (Å²) in [6, 6.07) is 9.89. The molecular formula is C13H15ClN2O. The maximum absolute atomic E-state index is 9.41. The zero-order valence-corrected chi connectivity index (χ0v) is 10.3. The molecule has 17 heavy (non-hydrogen) atoms. The zero-order chi connectivity index (χ0) is 12.1. The standard InChI is InChI=1S/C13H15ClN2O/c14-11-4-1-2-5-12(11)16-13(10-15)6-3-8-17-9-7-13/h1-2,4-5,16H,3,6-9H2. The lowest BCUT2D eigenvalue weighted by Crippen LogP contribution is -2.37. The molecule has 3 nitrogen and oxygen atoms in total. The third-order valence-corrected chi connectivity index (χ3v) is 3.36. The molecule has 1 aliphatic heterocycles. The highest BCUT2D eigenvalue weighted by Gasteiger charge is 2.31. The molecule has 1 fully saturated rings. The molecule has 0 aliphatic carbocycles. The van der Waals surface area contributed by atoms with Gasteiger partial charge < -0.3 is 10.1 Å². The molecular weight excluding hydrogens is 236 g/mol. The number of anilines is 1. The first-order chi connectivity index (χ1) is 8.26. The van der Waals surface area contributed by atoms with E-state index in [0.29, 0.717) is 18.1 Å². The summed E-state index contributed by atoms with van der Waals surface area (Å²) in [7, 11) is 0. The van der Waals surface area contributed by atoms with Crippen LogP contribution >= 0.6 is 11.6 Å². The van der Waals surface area contributed by atoms with Crippen molar-refractivity contribution in [2.24, 2.45) is 0 Å². The van der Waals surface area contributed by atoms with Crippen LogP contribution in [0.4, 0.5) is 5.69 Å². The predicted octanol–water partition coefficient (Wildman–Crippen LogP) is 3.21. The summed E-state index contributed by atoms with van der Waals surface area (Å²) in [6.07, 6.45) is 2.37. The van der Waals surface area contributed by atoms with Crippen LogP contribution in [0, 0.1) is 11.3 Å². The average Bonchev–Trinajstić information content (AvgIpc) is 2.58. The van der Waals surface area contributed by atoms with Crippen molar-refractivity contribution in [3.8, 4) is 6.07 Å². The van der Waals surface area contributed by atoms with E-state index in [9.17, 15) is 5.26 Å². The van der Waals surface area contributed by atoms with Gasteiger partial charge in [0.1, 0.15) is 5.54 Å². The molecule has 0 radical (unpaired) electrons. The van der Waals surface area contributed by atoms with Gasteiger partial charge in [-0.25, -0.2) is 0 Å². The fourth-order valence-electron chi connectivity index (χ4n) is 2.03. The molecule has 0 spiro atoms. The quantitative estimate of drug-likeness (QED) is 0.877. The maximum Gasteiger partial charge on any atom is 0.127 e. The van der Waals surface area contributed by atoms with Gasteiger partial charge in [0, 0.05) is 19.6 Å². The Bertz CT molecular complexity index is 420. The van der Waals surface area contributed by atoms with E-state index in [-0.39, 0.29) is 0 Å². The van der Waals surface area contributed by atoms with E-state index in [1.165, 1.54) is 0 Å². The third kappa shape index (κ3) is 2.91. The van der Waals surface area contributed by atoms with Crippen molar-refractivity contribution in [2.75, 3.05) is 18.5 Å². The molecule has 0 amide bonds. The molecule has 1 aliphatic rings. The van der Waals surface area contributed by atoms with Gasteiger partial charge in [-0.05, 0) is 25.0 Å². The van der Waals surface area contributed by atoms with Gasteiger partial charge in [-0.15, -0.1) is 0 Å². The van der Waals surface area contributed by atoms with Crippen LogP contribution in [-0.4, -0.2) is 18.8 Å². The number of rotatable bonds is 2. The Labute approximate surface area is 106 Å². The molecule has 0 bridgehead atoms. The minimum absolute atomic E-state index is 0.554. The molecule has 1 N–H and O–H groups in total. The van der Waals surface area contributed by atoms with Crippen LogP contribution in [-0.2, 0) is 4.74 Å². The summed E-state index contributed by atoms with van der Waals surface area (Å²) in [4.78, 5) is 0. The molecule has 1 saturated heterocycles. The van der Waals surface area contributed by atoms with Crippen molar-refractivity contribution in [1.82, 2.24) is 0 Å². The van der Waals surface area contributed by atoms with Gasteiger partial charge >= 0.3 is 0 Å². The van der Waals surface area contributed by atoms with E-state index < -0.39 is 5.54 Å². The van der Waals surface area contributed by atoms with Crippen molar-refractivity contribution >= 4 is 17.3 Å². The molecule has 0 aromatic heterocycles. The number of hydrogen-bond acceptors (Lipinski definition) is 3. The van der Waals surface area contributed by atoms with E-state index in [2.05, 4.69) is 11.4 Å². The summed E-state index contributed by atoms with van der Waals surface area (Å²) in [5.74, 6) is 0. The number of halogens is 1. The number of nitrogens with one attached hydrogen (secondary N) is 1. The Balaban J connectivity index is 2.19. The third-order valence-electron chi connectivity index (χ3n) is 3.03. The lowest BCUT2D eigenvalue weighted by molar-refractivity contribution is 0.142. The second kappa shape index (κ2) is 5.39. The monoisotopic (exact) mass is 250 g/mol. The Morgan fingerprint density at radius 3 is 2.88 bits per heavy atom. The maximum atomic E-state index is 9.41. The van der Waals surface area contributed by atoms with Gasteiger partial charge in [0.15, 0.2) is 0 Å². The van der Waals surface area contributed by atoms with Crippen molar-refractivity contribution < 1.29 is 4.74 Å². The Kier molecular flexibility index (Phi) is 3.88. The summed E-state index contributed by atoms with van der Waals surface area (Å²) < 4.78 is 5.40. The lowest BCUT2D eigenvalue weighted by atomic mass is 9.92. The van der Waals surface area contributed by atoms with E-state index in [1.54, 1.807) is 0 Å². The predicted molar refractivity (Wildman–Crippen MR) is 68.1 cm³/mol. The fraction of sp³-hybridized carbons (Fsp3) is 0.462. The Morgan fingerprint density at radius 1 is 1.29 bits per heavy atom. The van der Waals surface area contributed by atoms with Crippen LogP contribution in [0.15, 0.2) is 24.3 Å². The smallest absolute Gasteiger partial charge is 0.127 e. The van der Waals surface area contributed by atoms with Crippen molar-refractivity contribution in [1.29, 1.82) is 5.26 Å². The number of nitrogens with zero attached hydrogens (tertiary/aromatic N) is 1. The van der Waals surface area contributed by atoms with Crippen molar-refractivity contribution in [3.63, 3.8) is 0 Å². The Morgan fingerprint density at radius 2 is 2.12 bits per heavy atom. The number of benzene rings is 1. The summed E-state index contributed by atoms with van der Waals surface area (Å²) in [5.41, 5.74) is 0.263. The van der Waals surface area contributed by atoms with Gasteiger partial charge in [-0.2, -0.15) is 5.26 Å². The molecule has 1 aromatic rings. The number of hydrogen-bond donors (Lipinski definition) is 1. The molecule has 2 rings (SSSR count). The SMILES string of the molecule is N#CC1(Nc2ccccc2Cl)CCCOCC1. The van der Waals surface area contributed by atoms with Crippen molar-refractivity contribution in [3.05, 3.63) is 29.3 Å². The fourth-order valence-corrected chi connectivity index (χ4v) is 2.22. The summed E-state index contributed by atoms with van der Waals surface area (Å²) in [6.45, 7) is 1.35. The minimum atomic E-state index is -0.554. The largest absolute Gasteiger partial charge is 0.381 e. The minimum Gasteiger partial charge on any atom is -0.381 e. The van der Waals surface area contributed by atoms with Crippen LogP contribution < -0.4 is 5.32 Å². The first-order valence-electron chi connectivity index (χ1n) is 5.77. The van der Waals surface area contributed by atoms with Gasteiger partial charge in [-0.1, -0.05) is 23.7 Å². The highest BCUT2D eigenvalue weighted by molar-refractivity contribution is 6.33. The topological polar surface area (TPSA) is 45.0 Å². The highest BCUT2D eigenvalue weighted by atomic mass is 35.5. The zero-order valence-electron chi connectivity index (χ0n) is 9.58. The molecule has 0 saturated carbocycles. The van der Waals surface area contributed by atoms with Crippen LogP contribution in [0.3, 0.4) is 0 Å². The molecule has 1 atom stereocenters. The normalized spacial score (nSPS) is 24.7. The van der Waals surface area contributed by atoms with Gasteiger partial charge in [0.2, 0.25) is 0 Å². The molecule has 1 unspecified atom stereocenters. The second-order valence-corrected chi connectivity index (χ2v) is 4.67. The van der Waals surface area contributed by atoms with Gasteiger partial charge in [-0.3, -0.25) is 0 Å². The number of nitriles is 1. The summed E-state index contributed by atoms with van der Waals surface area (Å²) >= 11 is 6.10. The van der Waals surface area contributed by atoms with Crippen molar-refractivity contribution in [2.45, 2.75) is 24.8 Å². The Hall–Kier alpha value is -1.24. The van der Waals surface area contributed by atoms with Gasteiger partial charge in [0.05, 0.1) is 16.8 Å². The summed E-state index contributed by atoms with van der Waals surface area (Å²) in [5, 5.41) is 13.3. The number of para-hydroxylation sites is 1. The highest BCUT2D eigenvalue weighted by Crippen LogP contribution is 2.29. The average molecular weight is 251 g/mol. The van der Waals surface area contributed by atoms with Gasteiger partial charge in [0.25, 0.3) is 0 Å². The first kappa shape index (κ1) is 12.2. The molecule has 4 heteroatoms. The van der Waals surface area contributed by atoms with Crippen LogP contribution in [0.1, 0.15) is 19.3 Å².